The van der Waals surface area contributed by atoms with Gasteiger partial charge < -0.3 is 14.2 Å². The number of nitrogens with zero attached hydrogens (tertiary/aromatic N) is 1. The molecular weight excluding hydrogens is 442 g/mol. The molecule has 0 spiro atoms. The van der Waals surface area contributed by atoms with Crippen LogP contribution >= 0.6 is 11.8 Å². The maximum absolute atomic E-state index is 5.66. The van der Waals surface area contributed by atoms with Crippen molar-refractivity contribution in [3.63, 3.8) is 0 Å². The summed E-state index contributed by atoms with van der Waals surface area (Å²) in [6.07, 6.45) is 8.25. The van der Waals surface area contributed by atoms with Crippen LogP contribution in [0.3, 0.4) is 0 Å². The average Bonchev–Trinajstić information content (AvgIpc) is 3.05. The van der Waals surface area contributed by atoms with Crippen LogP contribution in [0.15, 0.2) is 82.2 Å². The monoisotopic (exact) mass is 477 g/mol. The van der Waals surface area contributed by atoms with Crippen molar-refractivity contribution in [2.75, 3.05) is 21.3 Å². The van der Waals surface area contributed by atoms with Gasteiger partial charge >= 0.3 is 0 Å². The Labute approximate surface area is 208 Å². The van der Waals surface area contributed by atoms with Gasteiger partial charge in [0.15, 0.2) is 11.5 Å². The standard InChI is InChI=1S/C27H29NO3S.C2H6/c1-6-10-17-13-14-20-25(19(17)7-2)28-21-11-8-9-12-24(21)32-27(20)18-15-22(29-3)26(31-5)23(16-18)30-4;1-2/h6-12,15-16,20,27H,2,13-14H2,1,3-5H3;1-2H3/b10-6-;. The summed E-state index contributed by atoms with van der Waals surface area (Å²) < 4.78 is 16.9. The Balaban J connectivity index is 0.00000158. The van der Waals surface area contributed by atoms with Crippen molar-refractivity contribution in [1.29, 1.82) is 0 Å². The number of allylic oxidation sites excluding steroid dienone is 5. The number of para-hydroxylation sites is 1. The number of ether oxygens (including phenoxy) is 3. The molecule has 0 amide bonds. The molecule has 4 rings (SSSR count). The number of hydrogen-bond donors (Lipinski definition) is 0. The quantitative estimate of drug-likeness (QED) is 0.421. The first-order valence-electron chi connectivity index (χ1n) is 11.8. The summed E-state index contributed by atoms with van der Waals surface area (Å²) in [5.74, 6) is 2.18. The highest BCUT2D eigenvalue weighted by molar-refractivity contribution is 7.99. The first kappa shape index (κ1) is 25.7. The van der Waals surface area contributed by atoms with Gasteiger partial charge in [-0.15, -0.1) is 11.8 Å². The van der Waals surface area contributed by atoms with Gasteiger partial charge in [-0.25, -0.2) is 0 Å². The van der Waals surface area contributed by atoms with Gasteiger partial charge in [-0.3, -0.25) is 4.99 Å². The lowest BCUT2D eigenvalue weighted by atomic mass is 9.78. The molecule has 0 radical (unpaired) electrons. The van der Waals surface area contributed by atoms with Crippen LogP contribution in [0.2, 0.25) is 0 Å². The van der Waals surface area contributed by atoms with Gasteiger partial charge in [0.25, 0.3) is 0 Å². The molecule has 1 aliphatic heterocycles. The molecule has 34 heavy (non-hydrogen) atoms. The Morgan fingerprint density at radius 1 is 1.03 bits per heavy atom. The lowest BCUT2D eigenvalue weighted by Gasteiger charge is -2.32. The molecule has 4 nitrogen and oxygen atoms in total. The zero-order valence-electron chi connectivity index (χ0n) is 21.1. The van der Waals surface area contributed by atoms with Gasteiger partial charge in [0.1, 0.15) is 0 Å². The molecule has 2 aromatic carbocycles. The summed E-state index contributed by atoms with van der Waals surface area (Å²) in [5.41, 5.74) is 5.69. The topological polar surface area (TPSA) is 40.0 Å². The molecule has 2 aliphatic rings. The Bertz CT molecular complexity index is 1090. The van der Waals surface area contributed by atoms with Crippen LogP contribution in [0.25, 0.3) is 0 Å². The zero-order valence-corrected chi connectivity index (χ0v) is 21.9. The number of benzene rings is 2. The largest absolute Gasteiger partial charge is 0.493 e. The first-order valence-corrected chi connectivity index (χ1v) is 12.7. The Morgan fingerprint density at radius 2 is 1.71 bits per heavy atom. The van der Waals surface area contributed by atoms with Crippen molar-refractivity contribution in [2.45, 2.75) is 43.8 Å². The summed E-state index contributed by atoms with van der Waals surface area (Å²) in [6.45, 7) is 10.2. The average molecular weight is 478 g/mol. The highest BCUT2D eigenvalue weighted by atomic mass is 32.2. The van der Waals surface area contributed by atoms with Gasteiger partial charge in [0.05, 0.1) is 32.7 Å². The molecule has 0 saturated carbocycles. The number of hydrogen-bond acceptors (Lipinski definition) is 5. The van der Waals surface area contributed by atoms with E-state index < -0.39 is 0 Å². The predicted molar refractivity (Wildman–Crippen MR) is 144 cm³/mol. The van der Waals surface area contributed by atoms with E-state index in [1.165, 1.54) is 10.5 Å². The van der Waals surface area contributed by atoms with Crippen LogP contribution in [0.1, 0.15) is 44.4 Å². The van der Waals surface area contributed by atoms with Crippen molar-refractivity contribution in [1.82, 2.24) is 0 Å². The van der Waals surface area contributed by atoms with Crippen molar-refractivity contribution < 1.29 is 14.2 Å². The van der Waals surface area contributed by atoms with Crippen LogP contribution in [0, 0.1) is 5.92 Å². The summed E-state index contributed by atoms with van der Waals surface area (Å²) in [6, 6.07) is 12.5. The van der Waals surface area contributed by atoms with E-state index in [2.05, 4.69) is 56.0 Å². The van der Waals surface area contributed by atoms with E-state index in [0.29, 0.717) is 17.2 Å². The molecule has 0 N–H and O–H groups in total. The third-order valence-electron chi connectivity index (χ3n) is 6.01. The second kappa shape index (κ2) is 12.0. The lowest BCUT2D eigenvalue weighted by molar-refractivity contribution is 0.323. The molecule has 2 aromatic rings. The second-order valence-corrected chi connectivity index (χ2v) is 8.93. The third-order valence-corrected chi connectivity index (χ3v) is 7.46. The van der Waals surface area contributed by atoms with Crippen LogP contribution in [0.5, 0.6) is 17.2 Å². The molecule has 0 saturated heterocycles. The molecule has 5 heteroatoms. The Kier molecular flexibility index (Phi) is 9.05. The lowest BCUT2D eigenvalue weighted by Crippen LogP contribution is -2.26. The van der Waals surface area contributed by atoms with Crippen molar-refractivity contribution in [3.05, 3.63) is 77.9 Å². The summed E-state index contributed by atoms with van der Waals surface area (Å²) >= 11 is 1.85. The van der Waals surface area contributed by atoms with Gasteiger partial charge in [0.2, 0.25) is 5.75 Å². The van der Waals surface area contributed by atoms with Crippen molar-refractivity contribution in [2.24, 2.45) is 10.9 Å². The van der Waals surface area contributed by atoms with Crippen LogP contribution < -0.4 is 14.2 Å². The minimum atomic E-state index is 0.146. The molecule has 0 aromatic heterocycles. The van der Waals surface area contributed by atoms with E-state index in [9.17, 15) is 0 Å². The number of thioether (sulfide) groups is 1. The summed E-state index contributed by atoms with van der Waals surface area (Å²) in [7, 11) is 4.95. The van der Waals surface area contributed by atoms with E-state index in [1.807, 2.05) is 37.8 Å². The molecule has 1 aliphatic carbocycles. The molecule has 1 heterocycles. The summed E-state index contributed by atoms with van der Waals surface area (Å²) in [5, 5.41) is 0.146. The molecular formula is C29H35NO3S. The Hall–Kier alpha value is -2.92. The second-order valence-electron chi connectivity index (χ2n) is 7.75. The fourth-order valence-electron chi connectivity index (χ4n) is 4.56. The molecule has 0 fully saturated rings. The maximum Gasteiger partial charge on any atom is 0.203 e. The van der Waals surface area contributed by atoms with Crippen LogP contribution in [-0.2, 0) is 0 Å². The van der Waals surface area contributed by atoms with Gasteiger partial charge in [-0.2, -0.15) is 0 Å². The van der Waals surface area contributed by atoms with Crippen molar-refractivity contribution in [3.8, 4) is 17.2 Å². The molecule has 2 unspecified atom stereocenters. The van der Waals surface area contributed by atoms with E-state index >= 15 is 0 Å². The molecule has 2 atom stereocenters. The van der Waals surface area contributed by atoms with Crippen molar-refractivity contribution >= 4 is 23.2 Å². The maximum atomic E-state index is 5.66. The first-order chi connectivity index (χ1) is 16.6. The van der Waals surface area contributed by atoms with Gasteiger partial charge in [-0.05, 0) is 60.7 Å². The van der Waals surface area contributed by atoms with E-state index in [-0.39, 0.29) is 11.2 Å². The Morgan fingerprint density at radius 3 is 2.29 bits per heavy atom. The fourth-order valence-corrected chi connectivity index (χ4v) is 5.92. The van der Waals surface area contributed by atoms with E-state index in [1.54, 1.807) is 21.3 Å². The van der Waals surface area contributed by atoms with E-state index in [0.717, 1.165) is 35.4 Å². The number of aliphatic imine (C=N–C) groups is 1. The SMILES string of the molecule is C=CC1=C(/C=C\C)CCC2C1=Nc1ccccc1SC2c1cc(OC)c(OC)c(OC)c1.CC. The summed E-state index contributed by atoms with van der Waals surface area (Å²) in [4.78, 5) is 6.36. The highest BCUT2D eigenvalue weighted by Gasteiger charge is 2.36. The normalized spacial score (nSPS) is 19.2. The number of fused-ring (bicyclic) bond motifs is 2. The molecule has 0 bridgehead atoms. The minimum Gasteiger partial charge on any atom is -0.493 e. The van der Waals surface area contributed by atoms with Crippen LogP contribution in [-0.4, -0.2) is 27.0 Å². The zero-order chi connectivity index (χ0) is 24.7. The van der Waals surface area contributed by atoms with Gasteiger partial charge in [-0.1, -0.05) is 50.8 Å². The fraction of sp³-hybridized carbons (Fsp3) is 0.345. The smallest absolute Gasteiger partial charge is 0.203 e. The number of methoxy groups -OCH3 is 3. The van der Waals surface area contributed by atoms with Crippen LogP contribution in [0.4, 0.5) is 5.69 Å². The van der Waals surface area contributed by atoms with E-state index in [4.69, 9.17) is 19.2 Å². The van der Waals surface area contributed by atoms with Gasteiger partial charge in [0, 0.05) is 16.1 Å². The molecule has 180 valence electrons. The highest BCUT2D eigenvalue weighted by Crippen LogP contribution is 2.53. The number of rotatable bonds is 6. The predicted octanol–water partition coefficient (Wildman–Crippen LogP) is 8.13. The third kappa shape index (κ3) is 4.95. The minimum absolute atomic E-state index is 0.146.